The lowest BCUT2D eigenvalue weighted by Gasteiger charge is -2.46. The van der Waals surface area contributed by atoms with Gasteiger partial charge in [-0.1, -0.05) is 86.6 Å². The van der Waals surface area contributed by atoms with Gasteiger partial charge >= 0.3 is 0 Å². The molecule has 4 fully saturated rings. The minimum absolute atomic E-state index is 0.0101. The van der Waals surface area contributed by atoms with Crippen molar-refractivity contribution in [2.75, 3.05) is 0 Å². The number of hydrogen-bond acceptors (Lipinski definition) is 4. The van der Waals surface area contributed by atoms with Gasteiger partial charge < -0.3 is 14.0 Å². The van der Waals surface area contributed by atoms with Crippen LogP contribution in [0.5, 0.6) is 0 Å². The molecule has 47 heavy (non-hydrogen) atoms. The minimum Gasteiger partial charge on any atom is -0.413 e. The molecule has 4 saturated carbocycles. The Kier molecular flexibility index (Phi) is 11.4. The predicted molar refractivity (Wildman–Crippen MR) is 204 cm³/mol. The number of fused-ring (bicyclic) bond motifs is 1. The average Bonchev–Trinajstić information content (AvgIpc) is 3.67. The molecule has 4 nitrogen and oxygen atoms in total. The number of aliphatic hydroxyl groups is 1. The zero-order chi connectivity index (χ0) is 35.4. The van der Waals surface area contributed by atoms with Gasteiger partial charge in [0, 0.05) is 18.3 Å². The molecule has 0 heterocycles. The SMILES string of the molecule is C=C1/C(=C\C=C2/CCC[C@]3(C)[C@@H]([C@H](C)C(O)CC(=O)C4(CC)CC4)CC[C@@H]23)C[C@@H](O[Si](C)(C)C(C)(C)C)C[C@@H]1O[Si](C)(C)C(C)(C)C. The van der Waals surface area contributed by atoms with Crippen molar-refractivity contribution in [3.63, 3.8) is 0 Å². The second-order valence-corrected chi connectivity index (χ2v) is 29.1. The third-order valence-corrected chi connectivity index (χ3v) is 23.6. The summed E-state index contributed by atoms with van der Waals surface area (Å²) in [7, 11) is -3.97. The van der Waals surface area contributed by atoms with Gasteiger partial charge in [-0.25, -0.2) is 0 Å². The second-order valence-electron chi connectivity index (χ2n) is 19.5. The first-order valence-electron chi connectivity index (χ1n) is 19.1. The highest BCUT2D eigenvalue weighted by atomic mass is 28.4. The predicted octanol–water partition coefficient (Wildman–Crippen LogP) is 11.3. The van der Waals surface area contributed by atoms with Crippen LogP contribution >= 0.6 is 0 Å². The highest BCUT2D eigenvalue weighted by Gasteiger charge is 2.53. The fourth-order valence-electron chi connectivity index (χ4n) is 8.75. The maximum absolute atomic E-state index is 13.1. The van der Waals surface area contributed by atoms with Gasteiger partial charge in [0.2, 0.25) is 0 Å². The van der Waals surface area contributed by atoms with Crippen LogP contribution in [0.4, 0.5) is 0 Å². The van der Waals surface area contributed by atoms with Gasteiger partial charge in [0.05, 0.1) is 18.3 Å². The van der Waals surface area contributed by atoms with Crippen LogP contribution in [-0.2, 0) is 13.6 Å². The first-order valence-corrected chi connectivity index (χ1v) is 25.0. The van der Waals surface area contributed by atoms with Gasteiger partial charge in [-0.15, -0.1) is 0 Å². The lowest BCUT2D eigenvalue weighted by molar-refractivity contribution is -0.127. The van der Waals surface area contributed by atoms with E-state index in [0.717, 1.165) is 50.5 Å². The van der Waals surface area contributed by atoms with E-state index in [-0.39, 0.29) is 39.0 Å². The molecule has 0 bridgehead atoms. The van der Waals surface area contributed by atoms with Crippen molar-refractivity contribution in [1.29, 1.82) is 0 Å². The summed E-state index contributed by atoms with van der Waals surface area (Å²) in [5.74, 6) is 1.41. The summed E-state index contributed by atoms with van der Waals surface area (Å²) >= 11 is 0. The van der Waals surface area contributed by atoms with Gasteiger partial charge in [0.25, 0.3) is 0 Å². The van der Waals surface area contributed by atoms with E-state index in [1.807, 2.05) is 0 Å². The van der Waals surface area contributed by atoms with E-state index in [1.54, 1.807) is 5.57 Å². The van der Waals surface area contributed by atoms with E-state index in [2.05, 4.69) is 107 Å². The van der Waals surface area contributed by atoms with Crippen molar-refractivity contribution in [3.8, 4) is 0 Å². The Hall–Kier alpha value is -0.796. The van der Waals surface area contributed by atoms with Crippen LogP contribution in [0.1, 0.15) is 133 Å². The van der Waals surface area contributed by atoms with Crippen molar-refractivity contribution in [3.05, 3.63) is 35.5 Å². The van der Waals surface area contributed by atoms with Crippen molar-refractivity contribution in [2.24, 2.45) is 28.6 Å². The summed E-state index contributed by atoms with van der Waals surface area (Å²) in [6.45, 7) is 34.9. The Morgan fingerprint density at radius 3 is 2.15 bits per heavy atom. The summed E-state index contributed by atoms with van der Waals surface area (Å²) in [6.07, 6.45) is 15.3. The standard InChI is InChI=1S/C41H72O4Si2/c1-15-41(23-24-41)37(43)27-35(42)29(3)33-20-21-34-30(17-16-22-40(33,34)10)18-19-31-25-32(44-46(11,12)38(4,5)6)26-36(28(31)2)45-47(13,14)39(7,8)9/h18-19,29,32-36,42H,2,15-17,20-27H2,1,3-14H3/b30-18+,31-19-/t29-,32+,33+,34-,35?,36-,40+/m0/s1. The van der Waals surface area contributed by atoms with Gasteiger partial charge in [-0.05, 0) is 128 Å². The van der Waals surface area contributed by atoms with Gasteiger partial charge in [-0.2, -0.15) is 0 Å². The Morgan fingerprint density at radius 2 is 1.60 bits per heavy atom. The smallest absolute Gasteiger partial charge is 0.192 e. The molecule has 0 radical (unpaired) electrons. The molecule has 1 N–H and O–H groups in total. The molecular weight excluding hydrogens is 613 g/mol. The van der Waals surface area contributed by atoms with E-state index >= 15 is 0 Å². The molecule has 4 rings (SSSR count). The second kappa shape index (κ2) is 13.7. The fraction of sp³-hybridized carbons (Fsp3) is 0.829. The zero-order valence-electron chi connectivity index (χ0n) is 32.8. The number of Topliss-reactive ketones (excluding diaryl/α,β-unsaturated/α-hetero) is 1. The van der Waals surface area contributed by atoms with Crippen LogP contribution in [0, 0.1) is 28.6 Å². The zero-order valence-corrected chi connectivity index (χ0v) is 34.8. The summed E-state index contributed by atoms with van der Waals surface area (Å²) in [6, 6.07) is 0. The fourth-order valence-corrected chi connectivity index (χ4v) is 11.4. The van der Waals surface area contributed by atoms with Gasteiger partial charge in [-0.3, -0.25) is 4.79 Å². The summed E-state index contributed by atoms with van der Waals surface area (Å²) in [5.41, 5.74) is 4.05. The number of ketones is 1. The number of carbonyl (C=O) groups excluding carboxylic acids is 1. The Labute approximate surface area is 291 Å². The highest BCUT2D eigenvalue weighted by Crippen LogP contribution is 2.60. The van der Waals surface area contributed by atoms with Crippen molar-refractivity contribution in [2.45, 2.75) is 188 Å². The third-order valence-electron chi connectivity index (χ3n) is 14.5. The minimum atomic E-state index is -2.01. The van der Waals surface area contributed by atoms with Crippen molar-refractivity contribution < 1.29 is 18.8 Å². The molecule has 0 amide bonds. The van der Waals surface area contributed by atoms with Gasteiger partial charge in [0.1, 0.15) is 5.78 Å². The van der Waals surface area contributed by atoms with Crippen LogP contribution in [-0.4, -0.2) is 45.8 Å². The molecule has 0 aromatic heterocycles. The van der Waals surface area contributed by atoms with E-state index in [9.17, 15) is 9.90 Å². The molecule has 0 saturated heterocycles. The third kappa shape index (κ3) is 8.08. The number of aliphatic hydroxyl groups excluding tert-OH is 1. The quantitative estimate of drug-likeness (QED) is 0.220. The number of hydrogen-bond donors (Lipinski definition) is 1. The van der Waals surface area contributed by atoms with E-state index < -0.39 is 22.7 Å². The van der Waals surface area contributed by atoms with Crippen LogP contribution in [0.2, 0.25) is 36.3 Å². The molecule has 268 valence electrons. The van der Waals surface area contributed by atoms with Crippen molar-refractivity contribution in [1.82, 2.24) is 0 Å². The van der Waals surface area contributed by atoms with E-state index in [1.165, 1.54) is 24.8 Å². The van der Waals surface area contributed by atoms with E-state index in [0.29, 0.717) is 24.0 Å². The summed E-state index contributed by atoms with van der Waals surface area (Å²) in [5, 5.41) is 11.6. The molecule has 4 aliphatic carbocycles. The molecule has 4 aliphatic rings. The van der Waals surface area contributed by atoms with Crippen LogP contribution in [0.15, 0.2) is 35.5 Å². The number of carbonyl (C=O) groups is 1. The van der Waals surface area contributed by atoms with E-state index in [4.69, 9.17) is 8.85 Å². The first-order chi connectivity index (χ1) is 21.5. The molecule has 6 heteroatoms. The van der Waals surface area contributed by atoms with Crippen LogP contribution in [0.25, 0.3) is 0 Å². The lowest BCUT2D eigenvalue weighted by Crippen LogP contribution is -2.49. The highest BCUT2D eigenvalue weighted by molar-refractivity contribution is 6.74. The molecule has 0 spiro atoms. The van der Waals surface area contributed by atoms with Crippen LogP contribution in [0.3, 0.4) is 0 Å². The lowest BCUT2D eigenvalue weighted by atomic mass is 9.60. The maximum atomic E-state index is 13.1. The molecule has 1 unspecified atom stereocenters. The molecule has 0 aromatic carbocycles. The largest absolute Gasteiger partial charge is 0.413 e. The van der Waals surface area contributed by atoms with Crippen molar-refractivity contribution >= 4 is 22.4 Å². The molecule has 0 aromatic rings. The monoisotopic (exact) mass is 684 g/mol. The Bertz CT molecular complexity index is 1230. The molecule has 0 aliphatic heterocycles. The summed E-state index contributed by atoms with van der Waals surface area (Å²) in [4.78, 5) is 13.1. The molecular formula is C41H72O4Si2. The topological polar surface area (TPSA) is 55.8 Å². The molecule has 7 atom stereocenters. The maximum Gasteiger partial charge on any atom is 0.192 e. The number of allylic oxidation sites excluding steroid dienone is 3. The Balaban J connectivity index is 1.56. The number of rotatable bonds is 11. The summed E-state index contributed by atoms with van der Waals surface area (Å²) < 4.78 is 14.2. The normalized spacial score (nSPS) is 33.2. The van der Waals surface area contributed by atoms with Gasteiger partial charge in [0.15, 0.2) is 16.6 Å². The Morgan fingerprint density at radius 1 is 1.00 bits per heavy atom. The van der Waals surface area contributed by atoms with Crippen LogP contribution < -0.4 is 0 Å². The first kappa shape index (κ1) is 39.0. The average molecular weight is 685 g/mol.